The maximum Gasteiger partial charge on any atom is 0.340 e. The highest BCUT2D eigenvalue weighted by Crippen LogP contribution is 2.42. The van der Waals surface area contributed by atoms with Crippen LogP contribution in [0.1, 0.15) is 28.5 Å². The number of carbonyl (C=O) groups excluding carboxylic acids is 1. The first-order chi connectivity index (χ1) is 17.9. The minimum atomic E-state index is -1.50. The Labute approximate surface area is 231 Å². The predicted molar refractivity (Wildman–Crippen MR) is 153 cm³/mol. The Hall–Kier alpha value is -2.50. The number of benzene rings is 2. The van der Waals surface area contributed by atoms with Crippen molar-refractivity contribution in [1.29, 1.82) is 0 Å². The van der Waals surface area contributed by atoms with Gasteiger partial charge in [0.25, 0.3) is 0 Å². The summed E-state index contributed by atoms with van der Waals surface area (Å²) in [6.07, 6.45) is 1.70. The van der Waals surface area contributed by atoms with Crippen LogP contribution in [0.3, 0.4) is 0 Å². The summed E-state index contributed by atoms with van der Waals surface area (Å²) in [6, 6.07) is 14.8. The van der Waals surface area contributed by atoms with Gasteiger partial charge >= 0.3 is 5.97 Å². The zero-order valence-electron chi connectivity index (χ0n) is 20.6. The highest BCUT2D eigenvalue weighted by Gasteiger charge is 2.30. The van der Waals surface area contributed by atoms with Crippen LogP contribution in [-0.4, -0.2) is 44.1 Å². The second kappa shape index (κ2) is 12.4. The number of nitrogens with two attached hydrogens (primary N) is 1. The van der Waals surface area contributed by atoms with E-state index in [0.29, 0.717) is 49.6 Å². The molecule has 3 N–H and O–H groups in total. The molecule has 4 rings (SSSR count). The van der Waals surface area contributed by atoms with Crippen LogP contribution in [0.5, 0.6) is 5.75 Å². The lowest BCUT2D eigenvalue weighted by atomic mass is 10.0. The van der Waals surface area contributed by atoms with Crippen LogP contribution in [0.2, 0.25) is 0 Å². The molecule has 1 unspecified atom stereocenters. The number of fused-ring (bicyclic) bond motifs is 1. The first-order valence-electron chi connectivity index (χ1n) is 11.7. The summed E-state index contributed by atoms with van der Waals surface area (Å²) in [6.45, 7) is 2.44. The molecule has 0 amide bonds. The molecule has 194 valence electrons. The van der Waals surface area contributed by atoms with Crippen molar-refractivity contribution in [2.75, 3.05) is 18.9 Å². The van der Waals surface area contributed by atoms with Gasteiger partial charge in [-0.05, 0) is 64.4 Å². The third-order valence-electron chi connectivity index (χ3n) is 5.97. The lowest BCUT2D eigenvalue weighted by molar-refractivity contribution is 0.0527. The fourth-order valence-electron chi connectivity index (χ4n) is 4.27. The lowest BCUT2D eigenvalue weighted by Crippen LogP contribution is -2.14. The fraction of sp³-hybridized carbons (Fsp3) is 0.259. The molecule has 2 aromatic carbocycles. The average Bonchev–Trinajstić information content (AvgIpc) is 3.17. The number of phenols is 1. The van der Waals surface area contributed by atoms with Crippen molar-refractivity contribution in [1.82, 2.24) is 9.55 Å². The standard InChI is InChI=1S/C27H28BrN3O4S2/c1-3-35-27(33)25-22(16-37(34)23-10-5-4-8-17(23)20-9-6-7-12-30-20)31(2)21-14-19(28)26(32)18(24(21)25)15-36-13-11-29/h4-10,12,14,32H,3,11,13,15-16,29H2,1-2H3. The molecule has 0 saturated carbocycles. The highest BCUT2D eigenvalue weighted by atomic mass is 79.9. The molecule has 0 bridgehead atoms. The molecule has 0 radical (unpaired) electrons. The van der Waals surface area contributed by atoms with E-state index in [1.54, 1.807) is 30.9 Å². The predicted octanol–water partition coefficient (Wildman–Crippen LogP) is 5.38. The van der Waals surface area contributed by atoms with Gasteiger partial charge in [-0.3, -0.25) is 4.98 Å². The van der Waals surface area contributed by atoms with E-state index < -0.39 is 17.1 Å². The summed E-state index contributed by atoms with van der Waals surface area (Å²) < 4.78 is 21.7. The molecule has 0 aliphatic rings. The van der Waals surface area contributed by atoms with Crippen molar-refractivity contribution in [2.45, 2.75) is 23.3 Å². The number of rotatable bonds is 10. The van der Waals surface area contributed by atoms with Crippen molar-refractivity contribution < 1.29 is 19.2 Å². The molecule has 2 aromatic heterocycles. The number of nitrogens with zero attached hydrogens (tertiary/aromatic N) is 2. The Kier molecular flexibility index (Phi) is 9.20. The van der Waals surface area contributed by atoms with Gasteiger partial charge in [0.15, 0.2) is 10.6 Å². The van der Waals surface area contributed by atoms with Gasteiger partial charge < -0.3 is 24.7 Å². The van der Waals surface area contributed by atoms with E-state index in [1.807, 2.05) is 54.1 Å². The number of pyridine rings is 1. The van der Waals surface area contributed by atoms with E-state index in [2.05, 4.69) is 20.9 Å². The van der Waals surface area contributed by atoms with Crippen LogP contribution in [0.25, 0.3) is 22.2 Å². The second-order valence-corrected chi connectivity index (χ2v) is 11.6. The number of hydrogen-bond acceptors (Lipinski definition) is 7. The van der Waals surface area contributed by atoms with E-state index in [0.717, 1.165) is 16.8 Å². The lowest BCUT2D eigenvalue weighted by Gasteiger charge is -2.15. The van der Waals surface area contributed by atoms with Crippen LogP contribution in [-0.2, 0) is 34.5 Å². The number of esters is 1. The molecule has 7 nitrogen and oxygen atoms in total. The van der Waals surface area contributed by atoms with Crippen molar-refractivity contribution in [3.05, 3.63) is 76.0 Å². The SMILES string of the molecule is CCOC(=O)c1c(C[S+]([O-])c2ccccc2-c2ccccn2)n(C)c2cc(Br)c(O)c(CSCCN)c12. The van der Waals surface area contributed by atoms with Crippen LogP contribution in [0, 0.1) is 0 Å². The summed E-state index contributed by atoms with van der Waals surface area (Å²) in [7, 11) is 1.84. The van der Waals surface area contributed by atoms with E-state index in [4.69, 9.17) is 10.5 Å². The summed E-state index contributed by atoms with van der Waals surface area (Å²) >= 11 is 3.52. The summed E-state index contributed by atoms with van der Waals surface area (Å²) in [5.74, 6) is 0.805. The maximum atomic E-state index is 13.8. The molecule has 0 aliphatic carbocycles. The molecule has 1 atom stereocenters. The summed E-state index contributed by atoms with van der Waals surface area (Å²) in [4.78, 5) is 18.4. The van der Waals surface area contributed by atoms with Gasteiger partial charge in [-0.25, -0.2) is 4.79 Å². The summed E-state index contributed by atoms with van der Waals surface area (Å²) in [5.41, 5.74) is 9.43. The number of aromatic nitrogens is 2. The maximum absolute atomic E-state index is 13.8. The molecular weight excluding hydrogens is 574 g/mol. The molecule has 0 aliphatic heterocycles. The van der Waals surface area contributed by atoms with Crippen LogP contribution in [0.15, 0.2) is 64.1 Å². The Bertz CT molecular complexity index is 1410. The monoisotopic (exact) mass is 601 g/mol. The van der Waals surface area contributed by atoms with Crippen molar-refractivity contribution >= 4 is 55.7 Å². The number of ether oxygens (including phenoxy) is 1. The van der Waals surface area contributed by atoms with Crippen LogP contribution < -0.4 is 5.73 Å². The van der Waals surface area contributed by atoms with Crippen LogP contribution >= 0.6 is 27.7 Å². The van der Waals surface area contributed by atoms with Gasteiger partial charge in [-0.2, -0.15) is 11.8 Å². The normalized spacial score (nSPS) is 12.1. The molecule has 37 heavy (non-hydrogen) atoms. The Morgan fingerprint density at radius 2 is 2.03 bits per heavy atom. The van der Waals surface area contributed by atoms with Gasteiger partial charge in [-0.15, -0.1) is 0 Å². The number of hydrogen-bond donors (Lipinski definition) is 2. The quantitative estimate of drug-likeness (QED) is 0.142. The molecule has 0 fully saturated rings. The molecule has 0 saturated heterocycles. The van der Waals surface area contributed by atoms with Gasteiger partial charge in [0.2, 0.25) is 0 Å². The van der Waals surface area contributed by atoms with E-state index >= 15 is 0 Å². The zero-order chi connectivity index (χ0) is 26.5. The van der Waals surface area contributed by atoms with Crippen molar-refractivity contribution in [3.8, 4) is 17.0 Å². The number of carbonyl (C=O) groups is 1. The molecular formula is C27H28BrN3O4S2. The molecule has 0 spiro atoms. The van der Waals surface area contributed by atoms with Crippen molar-refractivity contribution in [2.24, 2.45) is 12.8 Å². The number of aryl methyl sites for hydroxylation is 1. The number of aromatic hydroxyl groups is 1. The highest BCUT2D eigenvalue weighted by molar-refractivity contribution is 9.10. The number of phenolic OH excluding ortho intramolecular Hbond substituents is 1. The second-order valence-electron chi connectivity index (χ2n) is 8.22. The Morgan fingerprint density at radius 3 is 2.73 bits per heavy atom. The largest absolute Gasteiger partial charge is 0.611 e. The average molecular weight is 603 g/mol. The van der Waals surface area contributed by atoms with Gasteiger partial charge in [0.05, 0.1) is 39.1 Å². The third-order valence-corrected chi connectivity index (χ3v) is 8.97. The van der Waals surface area contributed by atoms with E-state index in [1.165, 1.54) is 0 Å². The van der Waals surface area contributed by atoms with Gasteiger partial charge in [-0.1, -0.05) is 18.2 Å². The molecule has 10 heteroatoms. The first kappa shape index (κ1) is 27.5. The Balaban J connectivity index is 1.87. The van der Waals surface area contributed by atoms with E-state index in [-0.39, 0.29) is 18.1 Å². The topological polar surface area (TPSA) is 113 Å². The Morgan fingerprint density at radius 1 is 1.27 bits per heavy atom. The minimum absolute atomic E-state index is 0.0707. The smallest absolute Gasteiger partial charge is 0.340 e. The zero-order valence-corrected chi connectivity index (χ0v) is 23.8. The fourth-order valence-corrected chi connectivity index (χ4v) is 6.91. The minimum Gasteiger partial charge on any atom is -0.611 e. The number of halogens is 1. The van der Waals surface area contributed by atoms with E-state index in [9.17, 15) is 14.5 Å². The molecule has 4 aromatic rings. The molecule has 2 heterocycles. The van der Waals surface area contributed by atoms with Crippen LogP contribution in [0.4, 0.5) is 0 Å². The van der Waals surface area contributed by atoms with Crippen molar-refractivity contribution in [3.63, 3.8) is 0 Å². The van der Waals surface area contributed by atoms with Gasteiger partial charge in [0, 0.05) is 42.2 Å². The number of thioether (sulfide) groups is 1. The first-order valence-corrected chi connectivity index (χ1v) is 15.0. The third kappa shape index (κ3) is 5.68. The van der Waals surface area contributed by atoms with Gasteiger partial charge in [0.1, 0.15) is 5.75 Å². The summed E-state index contributed by atoms with van der Waals surface area (Å²) in [5, 5.41) is 11.5.